The van der Waals surface area contributed by atoms with Gasteiger partial charge in [0.25, 0.3) is 5.69 Å². The minimum atomic E-state index is -0.422. The number of aryl methyl sites for hydroxylation is 2. The summed E-state index contributed by atoms with van der Waals surface area (Å²) in [5.74, 6) is 2.16. The van der Waals surface area contributed by atoms with Gasteiger partial charge in [-0.1, -0.05) is 6.92 Å². The molecule has 0 bridgehead atoms. The van der Waals surface area contributed by atoms with Crippen LogP contribution in [0.3, 0.4) is 0 Å². The minimum Gasteiger partial charge on any atom is -0.366 e. The molecule has 122 valence electrons. The Kier molecular flexibility index (Phi) is 4.20. The van der Waals surface area contributed by atoms with Gasteiger partial charge in [-0.2, -0.15) is 5.10 Å². The number of ether oxygens (including phenoxy) is 1. The highest BCUT2D eigenvalue weighted by molar-refractivity contribution is 5.49. The Labute approximate surface area is 132 Å². The summed E-state index contributed by atoms with van der Waals surface area (Å²) in [6, 6.07) is 1.73. The van der Waals surface area contributed by atoms with E-state index in [1.54, 1.807) is 13.0 Å². The number of nitrogens with one attached hydrogen (secondary N) is 1. The summed E-state index contributed by atoms with van der Waals surface area (Å²) in [5.41, 5.74) is 0.620. The molecule has 2 aromatic rings. The van der Waals surface area contributed by atoms with E-state index in [9.17, 15) is 10.1 Å². The summed E-state index contributed by atoms with van der Waals surface area (Å²) in [6.07, 6.45) is 1.85. The number of nitro groups is 1. The van der Waals surface area contributed by atoms with Gasteiger partial charge in [0, 0.05) is 18.5 Å². The van der Waals surface area contributed by atoms with Crippen molar-refractivity contribution < 1.29 is 9.66 Å². The number of hydrogen-bond donors (Lipinski definition) is 1. The maximum Gasteiger partial charge on any atom is 0.290 e. The van der Waals surface area contributed by atoms with Crippen LogP contribution in [0.4, 0.5) is 11.5 Å². The summed E-state index contributed by atoms with van der Waals surface area (Å²) < 4.78 is 5.74. The molecule has 0 amide bonds. The molecule has 0 aromatic carbocycles. The van der Waals surface area contributed by atoms with Crippen molar-refractivity contribution in [2.45, 2.75) is 26.4 Å². The number of nitrogens with zero attached hydrogens (tertiary/aromatic N) is 5. The van der Waals surface area contributed by atoms with Crippen molar-refractivity contribution in [2.24, 2.45) is 0 Å². The number of pyridine rings is 1. The molecular weight excluding hydrogens is 300 g/mol. The first-order valence-corrected chi connectivity index (χ1v) is 7.47. The van der Waals surface area contributed by atoms with E-state index in [4.69, 9.17) is 4.74 Å². The van der Waals surface area contributed by atoms with Gasteiger partial charge < -0.3 is 9.64 Å². The number of morpholine rings is 1. The monoisotopic (exact) mass is 318 g/mol. The van der Waals surface area contributed by atoms with Crippen LogP contribution in [0.5, 0.6) is 0 Å². The van der Waals surface area contributed by atoms with Gasteiger partial charge >= 0.3 is 0 Å². The molecule has 1 aliphatic heterocycles. The zero-order chi connectivity index (χ0) is 16.4. The van der Waals surface area contributed by atoms with Gasteiger partial charge in [0.15, 0.2) is 5.82 Å². The number of rotatable bonds is 4. The maximum absolute atomic E-state index is 10.9. The third-order valence-electron chi connectivity index (χ3n) is 3.83. The fourth-order valence-electron chi connectivity index (χ4n) is 2.52. The zero-order valence-corrected chi connectivity index (χ0v) is 13.0. The Morgan fingerprint density at radius 3 is 3.04 bits per heavy atom. The van der Waals surface area contributed by atoms with Crippen molar-refractivity contribution >= 4 is 11.5 Å². The minimum absolute atomic E-state index is 0.0279. The smallest absolute Gasteiger partial charge is 0.290 e. The number of hydrogen-bond acceptors (Lipinski definition) is 7. The van der Waals surface area contributed by atoms with Gasteiger partial charge in [-0.25, -0.2) is 9.97 Å². The number of H-pyrrole nitrogens is 1. The first kappa shape index (κ1) is 15.3. The van der Waals surface area contributed by atoms with E-state index < -0.39 is 4.92 Å². The summed E-state index contributed by atoms with van der Waals surface area (Å²) in [7, 11) is 0. The predicted octanol–water partition coefficient (Wildman–Crippen LogP) is 1.56. The average Bonchev–Trinajstić information content (AvgIpc) is 3.03. The van der Waals surface area contributed by atoms with E-state index in [2.05, 4.69) is 20.2 Å². The molecule has 9 nitrogen and oxygen atoms in total. The van der Waals surface area contributed by atoms with Crippen LogP contribution in [0.2, 0.25) is 0 Å². The van der Waals surface area contributed by atoms with E-state index >= 15 is 0 Å². The first-order valence-electron chi connectivity index (χ1n) is 7.47. The molecular formula is C14H18N6O3. The first-order chi connectivity index (χ1) is 11.1. The predicted molar refractivity (Wildman–Crippen MR) is 82.3 cm³/mol. The van der Waals surface area contributed by atoms with E-state index in [1.165, 1.54) is 6.20 Å². The van der Waals surface area contributed by atoms with Crippen LogP contribution in [0.25, 0.3) is 0 Å². The molecule has 1 aliphatic rings. The van der Waals surface area contributed by atoms with Crippen molar-refractivity contribution in [2.75, 3.05) is 24.6 Å². The number of aromatic nitrogens is 4. The quantitative estimate of drug-likeness (QED) is 0.672. The van der Waals surface area contributed by atoms with Crippen LogP contribution in [-0.2, 0) is 11.2 Å². The second-order valence-electron chi connectivity index (χ2n) is 5.39. The van der Waals surface area contributed by atoms with Gasteiger partial charge in [-0.15, -0.1) is 0 Å². The summed E-state index contributed by atoms with van der Waals surface area (Å²) in [4.78, 5) is 21.1. The molecule has 0 spiro atoms. The van der Waals surface area contributed by atoms with Crippen molar-refractivity contribution in [1.82, 2.24) is 20.2 Å². The Morgan fingerprint density at radius 2 is 2.39 bits per heavy atom. The second kappa shape index (κ2) is 6.29. The number of anilines is 1. The van der Waals surface area contributed by atoms with Gasteiger partial charge in [-0.05, 0) is 13.0 Å². The SMILES string of the molecule is CCc1nc(C2CN(c3cc(C)c([N+](=O)[O-])cn3)CCO2)n[nH]1. The lowest BCUT2D eigenvalue weighted by atomic mass is 10.2. The summed E-state index contributed by atoms with van der Waals surface area (Å²) in [5, 5.41) is 18.0. The van der Waals surface area contributed by atoms with Gasteiger partial charge in [0.1, 0.15) is 23.9 Å². The molecule has 2 aromatic heterocycles. The fourth-order valence-corrected chi connectivity index (χ4v) is 2.52. The van der Waals surface area contributed by atoms with E-state index in [1.807, 2.05) is 11.8 Å². The van der Waals surface area contributed by atoms with E-state index in [0.717, 1.165) is 12.2 Å². The molecule has 23 heavy (non-hydrogen) atoms. The van der Waals surface area contributed by atoms with Gasteiger partial charge in [0.2, 0.25) is 0 Å². The average molecular weight is 318 g/mol. The number of aromatic amines is 1. The molecule has 0 saturated carbocycles. The van der Waals surface area contributed by atoms with E-state index in [-0.39, 0.29) is 11.8 Å². The molecule has 1 fully saturated rings. The molecule has 1 unspecified atom stereocenters. The Bertz CT molecular complexity index is 716. The van der Waals surface area contributed by atoms with Gasteiger partial charge in [0.05, 0.1) is 18.1 Å². The lowest BCUT2D eigenvalue weighted by Gasteiger charge is -2.32. The third kappa shape index (κ3) is 3.14. The Hall–Kier alpha value is -2.55. The van der Waals surface area contributed by atoms with Crippen LogP contribution >= 0.6 is 0 Å². The summed E-state index contributed by atoms with van der Waals surface area (Å²) in [6.45, 7) is 5.47. The molecule has 9 heteroatoms. The van der Waals surface area contributed by atoms with Crippen molar-refractivity contribution in [3.8, 4) is 0 Å². The lowest BCUT2D eigenvalue weighted by Crippen LogP contribution is -2.39. The van der Waals surface area contributed by atoms with Crippen molar-refractivity contribution in [3.05, 3.63) is 39.6 Å². The summed E-state index contributed by atoms with van der Waals surface area (Å²) >= 11 is 0. The van der Waals surface area contributed by atoms with Crippen LogP contribution in [-0.4, -0.2) is 44.8 Å². The lowest BCUT2D eigenvalue weighted by molar-refractivity contribution is -0.385. The molecule has 1 N–H and O–H groups in total. The highest BCUT2D eigenvalue weighted by atomic mass is 16.6. The molecule has 0 aliphatic carbocycles. The van der Waals surface area contributed by atoms with E-state index in [0.29, 0.717) is 36.9 Å². The largest absolute Gasteiger partial charge is 0.366 e. The van der Waals surface area contributed by atoms with Crippen LogP contribution < -0.4 is 4.90 Å². The second-order valence-corrected chi connectivity index (χ2v) is 5.39. The molecule has 0 radical (unpaired) electrons. The normalized spacial score (nSPS) is 18.2. The van der Waals surface area contributed by atoms with Crippen LogP contribution in [0.1, 0.15) is 30.2 Å². The van der Waals surface area contributed by atoms with Gasteiger partial charge in [-0.3, -0.25) is 15.2 Å². The standard InChI is InChI=1S/C14H18N6O3/c1-3-12-16-14(18-17-12)11-8-19(4-5-23-11)13-6-9(2)10(7-15-13)20(21)22/h6-7,11H,3-5,8H2,1-2H3,(H,16,17,18). The van der Waals surface area contributed by atoms with Crippen molar-refractivity contribution in [1.29, 1.82) is 0 Å². The molecule has 3 heterocycles. The Balaban J connectivity index is 1.78. The highest BCUT2D eigenvalue weighted by Crippen LogP contribution is 2.26. The highest BCUT2D eigenvalue weighted by Gasteiger charge is 2.26. The van der Waals surface area contributed by atoms with Crippen LogP contribution in [0, 0.1) is 17.0 Å². The fraction of sp³-hybridized carbons (Fsp3) is 0.500. The van der Waals surface area contributed by atoms with Crippen molar-refractivity contribution in [3.63, 3.8) is 0 Å². The third-order valence-corrected chi connectivity index (χ3v) is 3.83. The maximum atomic E-state index is 10.9. The molecule has 1 saturated heterocycles. The Morgan fingerprint density at radius 1 is 1.57 bits per heavy atom. The zero-order valence-electron chi connectivity index (χ0n) is 13.0. The molecule has 3 rings (SSSR count). The molecule has 1 atom stereocenters. The van der Waals surface area contributed by atoms with Crippen LogP contribution in [0.15, 0.2) is 12.3 Å². The topological polar surface area (TPSA) is 110 Å².